The topological polar surface area (TPSA) is 73.8 Å². The van der Waals surface area contributed by atoms with Crippen LogP contribution in [-0.4, -0.2) is 79.8 Å². The van der Waals surface area contributed by atoms with Crippen LogP contribution in [0.15, 0.2) is 42.6 Å². The van der Waals surface area contributed by atoms with Crippen molar-refractivity contribution in [3.63, 3.8) is 0 Å². The standard InChI is InChI=1S/C28H30F4N6O2/c1-17-16-38(8-7-36(17)2)25-15-22(30)21(23-5-6-33-28(35-23)37-9-11-40-12-10-37)14-24(25)34-27(39)19-4-3-18(29)13-20(19)26(31)32/h3-6,13-15,17,26H,7-12,16H2,1-2H3,(H,34,39)/t17-/m0/s1. The number of carbonyl (C=O) groups excluding carboxylic acids is 1. The molecular formula is C28H30F4N6O2. The maximum atomic E-state index is 15.7. The summed E-state index contributed by atoms with van der Waals surface area (Å²) < 4.78 is 62.1. The molecular weight excluding hydrogens is 528 g/mol. The third kappa shape index (κ3) is 5.87. The van der Waals surface area contributed by atoms with Crippen LogP contribution in [-0.2, 0) is 4.74 Å². The van der Waals surface area contributed by atoms with E-state index in [9.17, 15) is 18.0 Å². The van der Waals surface area contributed by atoms with Gasteiger partial charge in [0, 0.05) is 61.7 Å². The molecule has 0 saturated carbocycles. The highest BCUT2D eigenvalue weighted by atomic mass is 19.3. The molecule has 2 aliphatic heterocycles. The number of ether oxygens (including phenoxy) is 1. The number of rotatable bonds is 6. The summed E-state index contributed by atoms with van der Waals surface area (Å²) in [4.78, 5) is 28.2. The fraction of sp³-hybridized carbons (Fsp3) is 0.393. The predicted molar refractivity (Wildman–Crippen MR) is 144 cm³/mol. The van der Waals surface area contributed by atoms with Gasteiger partial charge < -0.3 is 24.8 Å². The summed E-state index contributed by atoms with van der Waals surface area (Å²) in [6.45, 7) is 6.12. The molecule has 12 heteroatoms. The first kappa shape index (κ1) is 27.8. The summed E-state index contributed by atoms with van der Waals surface area (Å²) >= 11 is 0. The number of morpholine rings is 1. The number of nitrogens with zero attached hydrogens (tertiary/aromatic N) is 5. The van der Waals surface area contributed by atoms with Crippen LogP contribution >= 0.6 is 0 Å². The Bertz CT molecular complexity index is 1380. The van der Waals surface area contributed by atoms with Crippen molar-refractivity contribution in [3.8, 4) is 11.3 Å². The van der Waals surface area contributed by atoms with Gasteiger partial charge in [0.15, 0.2) is 0 Å². The Morgan fingerprint density at radius 2 is 1.82 bits per heavy atom. The fourth-order valence-corrected chi connectivity index (χ4v) is 4.91. The molecule has 5 rings (SSSR count). The molecule has 2 saturated heterocycles. The smallest absolute Gasteiger partial charge is 0.264 e. The predicted octanol–water partition coefficient (Wildman–Crippen LogP) is 4.59. The van der Waals surface area contributed by atoms with Crippen molar-refractivity contribution >= 4 is 23.2 Å². The van der Waals surface area contributed by atoms with Crippen molar-refractivity contribution in [2.24, 2.45) is 0 Å². The summed E-state index contributed by atoms with van der Waals surface area (Å²) in [5.74, 6) is -1.85. The number of nitrogens with one attached hydrogen (secondary N) is 1. The van der Waals surface area contributed by atoms with Crippen LogP contribution < -0.4 is 15.1 Å². The van der Waals surface area contributed by atoms with Crippen LogP contribution in [0.5, 0.6) is 0 Å². The number of halogens is 4. The number of piperazine rings is 1. The van der Waals surface area contributed by atoms with E-state index in [0.717, 1.165) is 12.1 Å². The van der Waals surface area contributed by atoms with E-state index in [0.29, 0.717) is 69.3 Å². The van der Waals surface area contributed by atoms with Gasteiger partial charge in [0.25, 0.3) is 12.3 Å². The van der Waals surface area contributed by atoms with Gasteiger partial charge in [0.2, 0.25) is 5.95 Å². The minimum Gasteiger partial charge on any atom is -0.378 e. The average Bonchev–Trinajstić information content (AvgIpc) is 2.95. The first-order chi connectivity index (χ1) is 19.2. The van der Waals surface area contributed by atoms with E-state index >= 15 is 4.39 Å². The molecule has 0 aliphatic carbocycles. The number of likely N-dealkylation sites (N-methyl/N-ethyl adjacent to an activating group) is 1. The maximum Gasteiger partial charge on any atom is 0.264 e. The van der Waals surface area contributed by atoms with E-state index < -0.39 is 29.5 Å². The van der Waals surface area contributed by atoms with Crippen molar-refractivity contribution in [2.75, 3.05) is 68.1 Å². The Kier molecular flexibility index (Phi) is 8.17. The minimum absolute atomic E-state index is 0.117. The second kappa shape index (κ2) is 11.8. The van der Waals surface area contributed by atoms with Crippen LogP contribution in [0.1, 0.15) is 29.3 Å². The zero-order valence-electron chi connectivity index (χ0n) is 22.2. The number of amides is 1. The Morgan fingerprint density at radius 3 is 2.55 bits per heavy atom. The lowest BCUT2D eigenvalue weighted by Gasteiger charge is -2.39. The summed E-state index contributed by atoms with van der Waals surface area (Å²) in [5.41, 5.74) is -0.0201. The van der Waals surface area contributed by atoms with Gasteiger partial charge in [0.05, 0.1) is 30.3 Å². The van der Waals surface area contributed by atoms with E-state index in [4.69, 9.17) is 4.74 Å². The molecule has 1 atom stereocenters. The first-order valence-corrected chi connectivity index (χ1v) is 13.0. The van der Waals surface area contributed by atoms with Gasteiger partial charge in [0.1, 0.15) is 11.6 Å². The monoisotopic (exact) mass is 558 g/mol. The van der Waals surface area contributed by atoms with E-state index in [-0.39, 0.29) is 22.9 Å². The summed E-state index contributed by atoms with van der Waals surface area (Å²) in [5, 5.41) is 2.69. The molecule has 0 bridgehead atoms. The highest BCUT2D eigenvalue weighted by molar-refractivity contribution is 6.07. The van der Waals surface area contributed by atoms with Gasteiger partial charge in [-0.2, -0.15) is 0 Å². The molecule has 1 N–H and O–H groups in total. The van der Waals surface area contributed by atoms with Gasteiger partial charge in [-0.1, -0.05) is 0 Å². The number of hydrogen-bond donors (Lipinski definition) is 1. The lowest BCUT2D eigenvalue weighted by molar-refractivity contribution is 0.101. The zero-order chi connectivity index (χ0) is 28.4. The highest BCUT2D eigenvalue weighted by Crippen LogP contribution is 2.36. The summed E-state index contributed by atoms with van der Waals surface area (Å²) in [7, 11) is 2.00. The Hall–Kier alpha value is -3.77. The largest absolute Gasteiger partial charge is 0.378 e. The van der Waals surface area contributed by atoms with Crippen LogP contribution in [0, 0.1) is 11.6 Å². The zero-order valence-corrected chi connectivity index (χ0v) is 22.2. The summed E-state index contributed by atoms with van der Waals surface area (Å²) in [6, 6.07) is 7.13. The highest BCUT2D eigenvalue weighted by Gasteiger charge is 2.27. The van der Waals surface area contributed by atoms with Gasteiger partial charge in [-0.25, -0.2) is 27.5 Å². The van der Waals surface area contributed by atoms with Crippen LogP contribution in [0.4, 0.5) is 34.9 Å². The molecule has 2 fully saturated rings. The average molecular weight is 559 g/mol. The van der Waals surface area contributed by atoms with E-state index in [1.165, 1.54) is 18.3 Å². The number of hydrogen-bond acceptors (Lipinski definition) is 7. The van der Waals surface area contributed by atoms with E-state index in [2.05, 4.69) is 20.2 Å². The number of alkyl halides is 2. The lowest BCUT2D eigenvalue weighted by Crippen LogP contribution is -2.50. The molecule has 3 heterocycles. The molecule has 1 aromatic heterocycles. The van der Waals surface area contributed by atoms with Crippen molar-refractivity contribution in [1.29, 1.82) is 0 Å². The third-order valence-electron chi connectivity index (χ3n) is 7.34. The second-order valence-corrected chi connectivity index (χ2v) is 9.95. The number of aromatic nitrogens is 2. The molecule has 2 aromatic carbocycles. The second-order valence-electron chi connectivity index (χ2n) is 9.95. The van der Waals surface area contributed by atoms with Crippen molar-refractivity contribution in [3.05, 3.63) is 65.4 Å². The first-order valence-electron chi connectivity index (χ1n) is 13.0. The number of benzene rings is 2. The molecule has 8 nitrogen and oxygen atoms in total. The van der Waals surface area contributed by atoms with Gasteiger partial charge in [-0.15, -0.1) is 0 Å². The lowest BCUT2D eigenvalue weighted by atomic mass is 10.0. The molecule has 40 heavy (non-hydrogen) atoms. The van der Waals surface area contributed by atoms with Gasteiger partial charge in [-0.05, 0) is 50.4 Å². The van der Waals surface area contributed by atoms with Crippen molar-refractivity contribution in [1.82, 2.24) is 14.9 Å². The molecule has 0 radical (unpaired) electrons. The molecule has 2 aliphatic rings. The van der Waals surface area contributed by atoms with Gasteiger partial charge in [-0.3, -0.25) is 4.79 Å². The molecule has 3 aromatic rings. The quantitative estimate of drug-likeness (QED) is 0.444. The fourth-order valence-electron chi connectivity index (χ4n) is 4.91. The Balaban J connectivity index is 1.55. The maximum absolute atomic E-state index is 15.7. The van der Waals surface area contributed by atoms with Crippen LogP contribution in [0.3, 0.4) is 0 Å². The van der Waals surface area contributed by atoms with Crippen molar-refractivity contribution < 1.29 is 27.1 Å². The Morgan fingerprint density at radius 1 is 1.05 bits per heavy atom. The summed E-state index contributed by atoms with van der Waals surface area (Å²) in [6.07, 6.45) is -1.52. The third-order valence-corrected chi connectivity index (χ3v) is 7.34. The number of anilines is 3. The Labute approximate surface area is 229 Å². The van der Waals surface area contributed by atoms with Gasteiger partial charge >= 0.3 is 0 Å². The molecule has 212 valence electrons. The molecule has 0 unspecified atom stereocenters. The molecule has 1 amide bonds. The van der Waals surface area contributed by atoms with Crippen molar-refractivity contribution in [2.45, 2.75) is 19.4 Å². The SMILES string of the molecule is C[C@H]1CN(c2cc(F)c(-c3ccnc(N4CCOCC4)n3)cc2NC(=O)c2ccc(F)cc2C(F)F)CCN1C. The van der Waals surface area contributed by atoms with Crippen LogP contribution in [0.25, 0.3) is 11.3 Å². The normalized spacial score (nSPS) is 18.3. The van der Waals surface area contributed by atoms with E-state index in [1.54, 1.807) is 6.07 Å². The molecule has 0 spiro atoms. The number of carbonyl (C=O) groups is 1. The van der Waals surface area contributed by atoms with Crippen LogP contribution in [0.2, 0.25) is 0 Å². The van der Waals surface area contributed by atoms with E-state index in [1.807, 2.05) is 23.8 Å². The minimum atomic E-state index is -3.06.